The molecule has 0 spiro atoms. The lowest BCUT2D eigenvalue weighted by atomic mass is 10.2. The van der Waals surface area contributed by atoms with Crippen LogP contribution in [0.25, 0.3) is 0 Å². The number of benzene rings is 1. The van der Waals surface area contributed by atoms with E-state index in [1.807, 2.05) is 0 Å². The lowest BCUT2D eigenvalue weighted by molar-refractivity contribution is 0.100. The zero-order valence-corrected chi connectivity index (χ0v) is 9.63. The SMILES string of the molecule is NC(=O)c1ccc(F)c(NCc2cncs2)c1. The second-order valence-corrected chi connectivity index (χ2v) is 4.35. The lowest BCUT2D eigenvalue weighted by Gasteiger charge is -2.07. The molecular weight excluding hydrogens is 241 g/mol. The highest BCUT2D eigenvalue weighted by Crippen LogP contribution is 2.17. The Balaban J connectivity index is 2.14. The van der Waals surface area contributed by atoms with Crippen molar-refractivity contribution in [3.05, 3.63) is 46.2 Å². The van der Waals surface area contributed by atoms with Gasteiger partial charge in [0.2, 0.25) is 5.91 Å². The fourth-order valence-electron chi connectivity index (χ4n) is 1.33. The number of carbonyl (C=O) groups excluding carboxylic acids is 1. The molecule has 3 N–H and O–H groups in total. The normalized spacial score (nSPS) is 10.2. The molecule has 2 rings (SSSR count). The first-order valence-corrected chi connectivity index (χ1v) is 5.75. The van der Waals surface area contributed by atoms with Crippen LogP contribution in [0.1, 0.15) is 15.2 Å². The Morgan fingerprint density at radius 3 is 3.00 bits per heavy atom. The summed E-state index contributed by atoms with van der Waals surface area (Å²) in [6.45, 7) is 0.462. The molecule has 1 aromatic carbocycles. The van der Waals surface area contributed by atoms with Crippen molar-refractivity contribution in [2.45, 2.75) is 6.54 Å². The van der Waals surface area contributed by atoms with Crippen molar-refractivity contribution in [2.24, 2.45) is 5.73 Å². The van der Waals surface area contributed by atoms with Crippen LogP contribution in [0.4, 0.5) is 10.1 Å². The van der Waals surface area contributed by atoms with Gasteiger partial charge >= 0.3 is 0 Å². The van der Waals surface area contributed by atoms with Crippen LogP contribution in [-0.4, -0.2) is 10.9 Å². The number of nitrogens with one attached hydrogen (secondary N) is 1. The van der Waals surface area contributed by atoms with Crippen LogP contribution in [0.15, 0.2) is 29.9 Å². The molecule has 1 amide bonds. The standard InChI is InChI=1S/C11H10FN3OS/c12-9-2-1-7(11(13)16)3-10(9)15-5-8-4-14-6-17-8/h1-4,6,15H,5H2,(H2,13,16). The van der Waals surface area contributed by atoms with Crippen LogP contribution in [0.2, 0.25) is 0 Å². The predicted octanol–water partition coefficient (Wildman–Crippen LogP) is 1.99. The van der Waals surface area contributed by atoms with E-state index in [4.69, 9.17) is 5.73 Å². The molecule has 0 fully saturated rings. The maximum atomic E-state index is 13.4. The van der Waals surface area contributed by atoms with E-state index in [2.05, 4.69) is 10.3 Å². The van der Waals surface area contributed by atoms with E-state index in [1.54, 1.807) is 11.7 Å². The Bertz CT molecular complexity index is 528. The molecule has 0 atom stereocenters. The van der Waals surface area contributed by atoms with Gasteiger partial charge in [-0.3, -0.25) is 9.78 Å². The Hall–Kier alpha value is -1.95. The zero-order valence-electron chi connectivity index (χ0n) is 8.81. The minimum atomic E-state index is -0.578. The summed E-state index contributed by atoms with van der Waals surface area (Å²) in [4.78, 5) is 15.9. The van der Waals surface area contributed by atoms with Crippen molar-refractivity contribution in [3.8, 4) is 0 Å². The molecule has 0 saturated heterocycles. The number of nitrogens with zero attached hydrogens (tertiary/aromatic N) is 1. The number of nitrogens with two attached hydrogens (primary N) is 1. The summed E-state index contributed by atoms with van der Waals surface area (Å²) in [6.07, 6.45) is 1.70. The number of primary amides is 1. The van der Waals surface area contributed by atoms with Gasteiger partial charge in [-0.25, -0.2) is 4.39 Å². The maximum Gasteiger partial charge on any atom is 0.248 e. The van der Waals surface area contributed by atoms with Crippen molar-refractivity contribution in [2.75, 3.05) is 5.32 Å². The van der Waals surface area contributed by atoms with Crippen molar-refractivity contribution in [1.29, 1.82) is 0 Å². The quantitative estimate of drug-likeness (QED) is 0.873. The number of aromatic nitrogens is 1. The van der Waals surface area contributed by atoms with Gasteiger partial charge in [0.25, 0.3) is 0 Å². The average Bonchev–Trinajstić information content (AvgIpc) is 2.80. The molecule has 0 saturated carbocycles. The summed E-state index contributed by atoms with van der Waals surface area (Å²) in [5, 5.41) is 2.90. The molecular formula is C11H10FN3OS. The fourth-order valence-corrected chi connectivity index (χ4v) is 1.86. The number of halogens is 1. The van der Waals surface area contributed by atoms with E-state index < -0.39 is 11.7 Å². The molecule has 6 heteroatoms. The molecule has 0 unspecified atom stereocenters. The topological polar surface area (TPSA) is 68.0 Å². The number of amides is 1. The number of thiazole rings is 1. The third kappa shape index (κ3) is 2.79. The predicted molar refractivity (Wildman–Crippen MR) is 64.4 cm³/mol. The molecule has 0 aliphatic rings. The highest BCUT2D eigenvalue weighted by molar-refractivity contribution is 7.09. The summed E-state index contributed by atoms with van der Waals surface area (Å²) < 4.78 is 13.4. The number of anilines is 1. The number of hydrogen-bond donors (Lipinski definition) is 2. The van der Waals surface area contributed by atoms with Gasteiger partial charge in [0.05, 0.1) is 17.7 Å². The molecule has 88 valence electrons. The van der Waals surface area contributed by atoms with Gasteiger partial charge in [-0.2, -0.15) is 0 Å². The lowest BCUT2D eigenvalue weighted by Crippen LogP contribution is -2.12. The maximum absolute atomic E-state index is 13.4. The molecule has 2 aromatic rings. The molecule has 0 radical (unpaired) electrons. The molecule has 0 bridgehead atoms. The minimum absolute atomic E-state index is 0.259. The van der Waals surface area contributed by atoms with Gasteiger partial charge < -0.3 is 11.1 Å². The van der Waals surface area contributed by atoms with Gasteiger partial charge in [0.1, 0.15) is 5.82 Å². The molecule has 1 aromatic heterocycles. The monoisotopic (exact) mass is 251 g/mol. The van der Waals surface area contributed by atoms with Crippen LogP contribution >= 0.6 is 11.3 Å². The molecule has 1 heterocycles. The zero-order chi connectivity index (χ0) is 12.3. The molecule has 0 aliphatic heterocycles. The van der Waals surface area contributed by atoms with Crippen LogP contribution in [-0.2, 0) is 6.54 Å². The number of rotatable bonds is 4. The summed E-state index contributed by atoms with van der Waals surface area (Å²) in [6, 6.07) is 3.98. The third-order valence-corrected chi connectivity index (χ3v) is 2.97. The Labute approximate surface area is 101 Å². The smallest absolute Gasteiger partial charge is 0.248 e. The molecule has 0 aliphatic carbocycles. The summed E-state index contributed by atoms with van der Waals surface area (Å²) >= 11 is 1.47. The first-order chi connectivity index (χ1) is 8.16. The van der Waals surface area contributed by atoms with Crippen LogP contribution in [0.5, 0.6) is 0 Å². The van der Waals surface area contributed by atoms with Crippen molar-refractivity contribution < 1.29 is 9.18 Å². The van der Waals surface area contributed by atoms with E-state index in [9.17, 15) is 9.18 Å². The third-order valence-electron chi connectivity index (χ3n) is 2.19. The minimum Gasteiger partial charge on any atom is -0.378 e. The first kappa shape index (κ1) is 11.5. The molecule has 17 heavy (non-hydrogen) atoms. The van der Waals surface area contributed by atoms with Gasteiger partial charge in [0, 0.05) is 16.6 Å². The van der Waals surface area contributed by atoms with E-state index in [-0.39, 0.29) is 11.3 Å². The Morgan fingerprint density at radius 1 is 1.53 bits per heavy atom. The van der Waals surface area contributed by atoms with E-state index in [0.717, 1.165) is 4.88 Å². The second kappa shape index (κ2) is 4.92. The highest BCUT2D eigenvalue weighted by atomic mass is 32.1. The number of hydrogen-bond acceptors (Lipinski definition) is 4. The van der Waals surface area contributed by atoms with E-state index in [0.29, 0.717) is 6.54 Å². The summed E-state index contributed by atoms with van der Waals surface area (Å²) in [5.41, 5.74) is 7.36. The van der Waals surface area contributed by atoms with E-state index >= 15 is 0 Å². The number of carbonyl (C=O) groups is 1. The van der Waals surface area contributed by atoms with Gasteiger partial charge in [-0.05, 0) is 18.2 Å². The van der Waals surface area contributed by atoms with Gasteiger partial charge in [-0.1, -0.05) is 0 Å². The fraction of sp³-hybridized carbons (Fsp3) is 0.0909. The Kier molecular flexibility index (Phi) is 3.34. The highest BCUT2D eigenvalue weighted by Gasteiger charge is 2.07. The average molecular weight is 251 g/mol. The second-order valence-electron chi connectivity index (χ2n) is 3.38. The van der Waals surface area contributed by atoms with Crippen molar-refractivity contribution in [3.63, 3.8) is 0 Å². The van der Waals surface area contributed by atoms with Crippen molar-refractivity contribution >= 4 is 22.9 Å². The van der Waals surface area contributed by atoms with E-state index in [1.165, 1.54) is 29.5 Å². The van der Waals surface area contributed by atoms with Crippen LogP contribution in [0.3, 0.4) is 0 Å². The first-order valence-electron chi connectivity index (χ1n) is 4.87. The van der Waals surface area contributed by atoms with Crippen LogP contribution in [0, 0.1) is 5.82 Å². The Morgan fingerprint density at radius 2 is 2.35 bits per heavy atom. The molecule has 4 nitrogen and oxygen atoms in total. The van der Waals surface area contributed by atoms with Crippen molar-refractivity contribution in [1.82, 2.24) is 4.98 Å². The largest absolute Gasteiger partial charge is 0.378 e. The van der Waals surface area contributed by atoms with Gasteiger partial charge in [-0.15, -0.1) is 11.3 Å². The van der Waals surface area contributed by atoms with Crippen LogP contribution < -0.4 is 11.1 Å². The summed E-state index contributed by atoms with van der Waals surface area (Å²) in [7, 11) is 0. The van der Waals surface area contributed by atoms with Gasteiger partial charge in [0.15, 0.2) is 0 Å². The summed E-state index contributed by atoms with van der Waals surface area (Å²) in [5.74, 6) is -0.995.